The zero-order valence-corrected chi connectivity index (χ0v) is 3.68. The molecule has 0 amide bonds. The van der Waals surface area contributed by atoms with Gasteiger partial charge in [-0.3, -0.25) is 0 Å². The Bertz CT molecular complexity index is 36.5. The van der Waals surface area contributed by atoms with E-state index in [0.29, 0.717) is 6.61 Å². The molecule has 2 nitrogen and oxygen atoms in total. The van der Waals surface area contributed by atoms with Crippen LogP contribution in [0.5, 0.6) is 0 Å². The minimum atomic E-state index is 0.573. The van der Waals surface area contributed by atoms with Gasteiger partial charge < -0.3 is 11.8 Å². The van der Waals surface area contributed by atoms with Gasteiger partial charge in [0.25, 0.3) is 0 Å². The van der Waals surface area contributed by atoms with E-state index in [0.717, 1.165) is 6.42 Å². The van der Waals surface area contributed by atoms with Crippen LogP contribution in [0.3, 0.4) is 0 Å². The highest BCUT2D eigenvalue weighted by Gasteiger charge is 1.63. The molecule has 0 heterocycles. The van der Waals surface area contributed by atoms with Crippen LogP contribution >= 0.6 is 0 Å². The van der Waals surface area contributed by atoms with Crippen molar-refractivity contribution in [2.45, 2.75) is 6.42 Å². The highest BCUT2D eigenvalue weighted by Crippen LogP contribution is 1.75. The molecular weight excluding hydrogens is 78.0 g/mol. The average Bonchev–Trinajstić information content (AvgIpc) is 1.61. The summed E-state index contributed by atoms with van der Waals surface area (Å²) in [6.07, 6.45) is 0.749. The first-order chi connectivity index (χ1) is 2.91. The second-order valence-electron chi connectivity index (χ2n) is 0.816. The predicted octanol–water partition coefficient (Wildman–Crippen LogP) is 0.843. The van der Waals surface area contributed by atoms with Gasteiger partial charge in [-0.15, -0.1) is 11.6 Å². The van der Waals surface area contributed by atoms with Crippen molar-refractivity contribution < 1.29 is 4.84 Å². The van der Waals surface area contributed by atoms with E-state index in [1.54, 1.807) is 0 Å². The summed E-state index contributed by atoms with van der Waals surface area (Å²) in [5, 5.41) is 3.14. The molecule has 0 unspecified atom stereocenters. The van der Waals surface area contributed by atoms with Crippen molar-refractivity contribution in [1.82, 2.24) is 0 Å². The van der Waals surface area contributed by atoms with Crippen molar-refractivity contribution in [3.05, 3.63) is 6.92 Å². The quantitative estimate of drug-likeness (QED) is 0.216. The van der Waals surface area contributed by atoms with E-state index >= 15 is 0 Å². The van der Waals surface area contributed by atoms with Crippen LogP contribution in [0.1, 0.15) is 6.42 Å². The molecule has 0 aromatic rings. The summed E-state index contributed by atoms with van der Waals surface area (Å²) in [6, 6.07) is 0. The molecule has 0 spiro atoms. The lowest BCUT2D eigenvalue weighted by molar-refractivity contribution is 0.151. The summed E-state index contributed by atoms with van der Waals surface area (Å²) in [6.45, 7) is 7.18. The fourth-order valence-corrected chi connectivity index (χ4v) is 0.129. The molecule has 0 aliphatic carbocycles. The van der Waals surface area contributed by atoms with Gasteiger partial charge in [0.05, 0.1) is 6.61 Å². The molecule has 2 heteroatoms. The second-order valence-corrected chi connectivity index (χ2v) is 0.816. The lowest BCUT2D eigenvalue weighted by Crippen LogP contribution is -1.80. The minimum Gasteiger partial charge on any atom is -0.399 e. The normalized spacial score (nSPS) is 7.50. The van der Waals surface area contributed by atoms with E-state index in [4.69, 9.17) is 0 Å². The highest BCUT2D eigenvalue weighted by atomic mass is 16.6. The Balaban J connectivity index is 2.49. The topological polar surface area (TPSA) is 21.6 Å². The summed E-state index contributed by atoms with van der Waals surface area (Å²) in [4.78, 5) is 4.43. The zero-order chi connectivity index (χ0) is 4.83. The van der Waals surface area contributed by atoms with Crippen molar-refractivity contribution in [3.63, 3.8) is 0 Å². The number of nitrogens with zero attached hydrogens (tertiary/aromatic N) is 1. The Kier molecular flexibility index (Phi) is 4.08. The smallest absolute Gasteiger partial charge is 0.0897 e. The molecule has 0 rings (SSSR count). The summed E-state index contributed by atoms with van der Waals surface area (Å²) in [5.41, 5.74) is 0. The molecule has 36 valence electrons. The average molecular weight is 86.1 g/mol. The molecule has 0 N–H and O–H groups in total. The van der Waals surface area contributed by atoms with Crippen molar-refractivity contribution in [2.24, 2.45) is 5.16 Å². The third-order valence-corrected chi connectivity index (χ3v) is 0.327. The Morgan fingerprint density at radius 1 is 1.83 bits per heavy atom. The van der Waals surface area contributed by atoms with E-state index in [1.165, 1.54) is 0 Å². The van der Waals surface area contributed by atoms with Crippen LogP contribution in [0.25, 0.3) is 0 Å². The van der Waals surface area contributed by atoms with Crippen LogP contribution in [0.2, 0.25) is 0 Å². The number of oxime groups is 1. The highest BCUT2D eigenvalue weighted by molar-refractivity contribution is 5.21. The van der Waals surface area contributed by atoms with Gasteiger partial charge in [0.15, 0.2) is 0 Å². The van der Waals surface area contributed by atoms with Crippen LogP contribution in [-0.2, 0) is 4.84 Å². The summed E-state index contributed by atoms with van der Waals surface area (Å²) < 4.78 is 0. The zero-order valence-electron chi connectivity index (χ0n) is 3.68. The SMILES string of the molecule is C=NOCC[CH2-]. The maximum atomic E-state index is 4.43. The van der Waals surface area contributed by atoms with Crippen molar-refractivity contribution in [3.8, 4) is 0 Å². The van der Waals surface area contributed by atoms with Crippen molar-refractivity contribution >= 4 is 6.72 Å². The van der Waals surface area contributed by atoms with Crippen LogP contribution in [0.4, 0.5) is 0 Å². The van der Waals surface area contributed by atoms with Crippen LogP contribution in [0, 0.1) is 6.92 Å². The molecule has 0 saturated heterocycles. The van der Waals surface area contributed by atoms with E-state index < -0.39 is 0 Å². The monoisotopic (exact) mass is 86.1 g/mol. The molecule has 0 aliphatic heterocycles. The van der Waals surface area contributed by atoms with Crippen molar-refractivity contribution in [2.75, 3.05) is 6.61 Å². The molecule has 0 aromatic carbocycles. The largest absolute Gasteiger partial charge is 0.399 e. The Labute approximate surface area is 37.8 Å². The molecule has 0 bridgehead atoms. The van der Waals surface area contributed by atoms with Crippen LogP contribution < -0.4 is 0 Å². The first-order valence-corrected chi connectivity index (χ1v) is 1.79. The fourth-order valence-electron chi connectivity index (χ4n) is 0.129. The van der Waals surface area contributed by atoms with Gasteiger partial charge in [-0.1, -0.05) is 0 Å². The fraction of sp³-hybridized carbons (Fsp3) is 0.500. The minimum absolute atomic E-state index is 0.573. The van der Waals surface area contributed by atoms with Crippen molar-refractivity contribution in [1.29, 1.82) is 0 Å². The number of hydrogen-bond donors (Lipinski definition) is 0. The standard InChI is InChI=1S/C4H8NO/c1-3-4-6-5-2/h1-4H2/q-1. The third kappa shape index (κ3) is 3.47. The lowest BCUT2D eigenvalue weighted by Gasteiger charge is -1.92. The van der Waals surface area contributed by atoms with Crippen LogP contribution in [-0.4, -0.2) is 13.3 Å². The molecular formula is C4H8NO-. The van der Waals surface area contributed by atoms with Gasteiger partial charge >= 0.3 is 0 Å². The van der Waals surface area contributed by atoms with E-state index in [2.05, 4.69) is 23.6 Å². The molecule has 0 atom stereocenters. The van der Waals surface area contributed by atoms with E-state index in [-0.39, 0.29) is 0 Å². The van der Waals surface area contributed by atoms with Gasteiger partial charge in [-0.25, -0.2) is 0 Å². The van der Waals surface area contributed by atoms with E-state index in [1.807, 2.05) is 0 Å². The van der Waals surface area contributed by atoms with Gasteiger partial charge in [-0.05, 0) is 0 Å². The summed E-state index contributed by atoms with van der Waals surface area (Å²) >= 11 is 0. The molecule has 0 saturated carbocycles. The Morgan fingerprint density at radius 2 is 2.50 bits per heavy atom. The number of hydrogen-bond acceptors (Lipinski definition) is 2. The maximum absolute atomic E-state index is 4.43. The van der Waals surface area contributed by atoms with Gasteiger partial charge in [0.1, 0.15) is 0 Å². The Hall–Kier alpha value is -0.530. The molecule has 0 fully saturated rings. The first-order valence-electron chi connectivity index (χ1n) is 1.79. The number of rotatable bonds is 3. The molecule has 0 aromatic heterocycles. The predicted molar refractivity (Wildman–Crippen MR) is 25.5 cm³/mol. The van der Waals surface area contributed by atoms with Gasteiger partial charge in [0, 0.05) is 6.72 Å². The Morgan fingerprint density at radius 3 is 2.67 bits per heavy atom. The maximum Gasteiger partial charge on any atom is 0.0897 e. The van der Waals surface area contributed by atoms with Crippen LogP contribution in [0.15, 0.2) is 5.16 Å². The van der Waals surface area contributed by atoms with E-state index in [9.17, 15) is 0 Å². The second kappa shape index (κ2) is 4.47. The summed E-state index contributed by atoms with van der Waals surface area (Å²) in [5.74, 6) is 0. The molecule has 6 heavy (non-hydrogen) atoms. The third-order valence-electron chi connectivity index (χ3n) is 0.327. The van der Waals surface area contributed by atoms with Gasteiger partial charge in [0.2, 0.25) is 0 Å². The summed E-state index contributed by atoms with van der Waals surface area (Å²) in [7, 11) is 0. The lowest BCUT2D eigenvalue weighted by atomic mass is 10.5. The first kappa shape index (κ1) is 5.47. The molecule has 0 aliphatic rings. The molecule has 0 radical (unpaired) electrons. The van der Waals surface area contributed by atoms with Gasteiger partial charge in [-0.2, -0.15) is 0 Å².